The van der Waals surface area contributed by atoms with E-state index in [1.165, 1.54) is 12.1 Å². The summed E-state index contributed by atoms with van der Waals surface area (Å²) in [6.07, 6.45) is 1.45. The van der Waals surface area contributed by atoms with E-state index in [1.807, 2.05) is 35.2 Å². The van der Waals surface area contributed by atoms with Crippen molar-refractivity contribution < 1.29 is 9.18 Å². The Morgan fingerprint density at radius 3 is 2.42 bits per heavy atom. The second-order valence-electron chi connectivity index (χ2n) is 6.18. The largest absolute Gasteiger partial charge is 0.349 e. The van der Waals surface area contributed by atoms with Crippen LogP contribution in [0.4, 0.5) is 15.8 Å². The maximum atomic E-state index is 13.2. The summed E-state index contributed by atoms with van der Waals surface area (Å²) in [5.74, 6) is -0.456. The van der Waals surface area contributed by atoms with E-state index < -0.39 is 5.82 Å². The molecule has 2 N–H and O–H groups in total. The molecule has 0 radical (unpaired) electrons. The van der Waals surface area contributed by atoms with Crippen molar-refractivity contribution in [2.75, 3.05) is 23.7 Å². The molecule has 2 aromatic rings. The second-order valence-corrected chi connectivity index (χ2v) is 6.97. The number of piperidine rings is 1. The SMILES string of the molecule is O=C(Nc1ccccc1)C1CCN(C(=S)Nc2ccc(F)c(Cl)c2)CC1. The van der Waals surface area contributed by atoms with Gasteiger partial charge in [-0.25, -0.2) is 4.39 Å². The first kappa shape index (κ1) is 18.6. The fourth-order valence-electron chi connectivity index (χ4n) is 2.89. The number of amides is 1. The summed E-state index contributed by atoms with van der Waals surface area (Å²) in [5.41, 5.74) is 1.45. The Morgan fingerprint density at radius 1 is 1.08 bits per heavy atom. The van der Waals surface area contributed by atoms with E-state index in [-0.39, 0.29) is 16.8 Å². The van der Waals surface area contributed by atoms with Gasteiger partial charge in [-0.05, 0) is 55.4 Å². The zero-order chi connectivity index (χ0) is 18.5. The lowest BCUT2D eigenvalue weighted by Crippen LogP contribution is -2.43. The number of carbonyl (C=O) groups is 1. The number of rotatable bonds is 3. The number of thiocarbonyl (C=S) groups is 1. The van der Waals surface area contributed by atoms with Crippen LogP contribution >= 0.6 is 23.8 Å². The van der Waals surface area contributed by atoms with Crippen LogP contribution in [-0.2, 0) is 4.79 Å². The average Bonchev–Trinajstić information content (AvgIpc) is 2.65. The molecule has 1 aliphatic heterocycles. The molecule has 0 saturated carbocycles. The third kappa shape index (κ3) is 4.71. The highest BCUT2D eigenvalue weighted by atomic mass is 35.5. The lowest BCUT2D eigenvalue weighted by atomic mass is 9.96. The Morgan fingerprint density at radius 2 is 1.77 bits per heavy atom. The molecule has 0 aromatic heterocycles. The number of nitrogens with zero attached hydrogens (tertiary/aromatic N) is 1. The van der Waals surface area contributed by atoms with E-state index in [4.69, 9.17) is 23.8 Å². The van der Waals surface area contributed by atoms with Crippen molar-refractivity contribution in [1.29, 1.82) is 0 Å². The van der Waals surface area contributed by atoms with Crippen LogP contribution in [0.1, 0.15) is 12.8 Å². The Labute approximate surface area is 162 Å². The van der Waals surface area contributed by atoms with Crippen molar-refractivity contribution in [1.82, 2.24) is 4.90 Å². The van der Waals surface area contributed by atoms with E-state index in [1.54, 1.807) is 6.07 Å². The van der Waals surface area contributed by atoms with Gasteiger partial charge >= 0.3 is 0 Å². The predicted molar refractivity (Wildman–Crippen MR) is 107 cm³/mol. The number of likely N-dealkylation sites (tertiary alicyclic amines) is 1. The molecule has 26 heavy (non-hydrogen) atoms. The molecule has 0 spiro atoms. The molecule has 1 saturated heterocycles. The standard InChI is InChI=1S/C19H19ClFN3OS/c20-16-12-15(6-7-17(16)21)23-19(26)24-10-8-13(9-11-24)18(25)22-14-4-2-1-3-5-14/h1-7,12-13H,8-11H2,(H,22,25)(H,23,26). The zero-order valence-electron chi connectivity index (χ0n) is 14.0. The first-order chi connectivity index (χ1) is 12.5. The maximum absolute atomic E-state index is 13.2. The van der Waals surface area contributed by atoms with E-state index in [0.717, 1.165) is 18.5 Å². The van der Waals surface area contributed by atoms with Crippen LogP contribution in [0.2, 0.25) is 5.02 Å². The lowest BCUT2D eigenvalue weighted by molar-refractivity contribution is -0.120. The Hall–Kier alpha value is -2.18. The van der Waals surface area contributed by atoms with Gasteiger partial charge in [-0.2, -0.15) is 0 Å². The number of carbonyl (C=O) groups excluding carboxylic acids is 1. The van der Waals surface area contributed by atoms with Crippen LogP contribution < -0.4 is 10.6 Å². The Balaban J connectivity index is 1.50. The molecule has 0 unspecified atom stereocenters. The summed E-state index contributed by atoms with van der Waals surface area (Å²) in [6.45, 7) is 1.38. The van der Waals surface area contributed by atoms with Gasteiger partial charge in [0.1, 0.15) is 5.82 Å². The molecule has 7 heteroatoms. The van der Waals surface area contributed by atoms with Crippen molar-refractivity contribution in [2.24, 2.45) is 5.92 Å². The van der Waals surface area contributed by atoms with E-state index in [2.05, 4.69) is 10.6 Å². The van der Waals surface area contributed by atoms with Crippen molar-refractivity contribution in [3.8, 4) is 0 Å². The minimum atomic E-state index is -0.464. The summed E-state index contributed by atoms with van der Waals surface area (Å²) in [7, 11) is 0. The molecule has 1 aliphatic rings. The number of benzene rings is 2. The van der Waals surface area contributed by atoms with Gasteiger partial charge < -0.3 is 15.5 Å². The van der Waals surface area contributed by atoms with Gasteiger partial charge in [0.25, 0.3) is 0 Å². The molecule has 3 rings (SSSR count). The van der Waals surface area contributed by atoms with Gasteiger partial charge in [0, 0.05) is 30.4 Å². The third-order valence-corrected chi connectivity index (χ3v) is 5.02. The highest BCUT2D eigenvalue weighted by Gasteiger charge is 2.26. The van der Waals surface area contributed by atoms with Crippen molar-refractivity contribution in [2.45, 2.75) is 12.8 Å². The van der Waals surface area contributed by atoms with Crippen molar-refractivity contribution in [3.63, 3.8) is 0 Å². The number of hydrogen-bond acceptors (Lipinski definition) is 2. The molecule has 136 valence electrons. The number of nitrogens with one attached hydrogen (secondary N) is 2. The molecule has 0 bridgehead atoms. The predicted octanol–water partition coefficient (Wildman–Crippen LogP) is 4.53. The van der Waals surface area contributed by atoms with Crippen LogP contribution in [0.5, 0.6) is 0 Å². The number of para-hydroxylation sites is 1. The molecule has 1 fully saturated rings. The Kier molecular flexibility index (Phi) is 6.06. The van der Waals surface area contributed by atoms with Crippen LogP contribution in [0.15, 0.2) is 48.5 Å². The highest BCUT2D eigenvalue weighted by molar-refractivity contribution is 7.80. The smallest absolute Gasteiger partial charge is 0.227 e. The van der Waals surface area contributed by atoms with Gasteiger partial charge in [0.2, 0.25) is 5.91 Å². The van der Waals surface area contributed by atoms with Crippen LogP contribution in [-0.4, -0.2) is 29.0 Å². The van der Waals surface area contributed by atoms with E-state index >= 15 is 0 Å². The topological polar surface area (TPSA) is 44.4 Å². The van der Waals surface area contributed by atoms with Gasteiger partial charge in [-0.15, -0.1) is 0 Å². The minimum Gasteiger partial charge on any atom is -0.349 e. The van der Waals surface area contributed by atoms with Crippen LogP contribution in [0, 0.1) is 11.7 Å². The molecule has 1 heterocycles. The number of hydrogen-bond donors (Lipinski definition) is 2. The van der Waals surface area contributed by atoms with Gasteiger partial charge in [0.15, 0.2) is 5.11 Å². The van der Waals surface area contributed by atoms with E-state index in [9.17, 15) is 9.18 Å². The molecule has 4 nitrogen and oxygen atoms in total. The highest BCUT2D eigenvalue weighted by Crippen LogP contribution is 2.22. The summed E-state index contributed by atoms with van der Waals surface area (Å²) >= 11 is 11.2. The van der Waals surface area contributed by atoms with Crippen LogP contribution in [0.25, 0.3) is 0 Å². The first-order valence-corrected chi connectivity index (χ1v) is 9.18. The maximum Gasteiger partial charge on any atom is 0.227 e. The average molecular weight is 392 g/mol. The van der Waals surface area contributed by atoms with Gasteiger partial charge in [-0.1, -0.05) is 29.8 Å². The summed E-state index contributed by atoms with van der Waals surface area (Å²) < 4.78 is 13.2. The Bertz CT molecular complexity index is 795. The monoisotopic (exact) mass is 391 g/mol. The molecular weight excluding hydrogens is 373 g/mol. The first-order valence-electron chi connectivity index (χ1n) is 8.40. The second kappa shape index (κ2) is 8.47. The third-order valence-electron chi connectivity index (χ3n) is 4.37. The molecule has 0 atom stereocenters. The van der Waals surface area contributed by atoms with Crippen LogP contribution in [0.3, 0.4) is 0 Å². The minimum absolute atomic E-state index is 0.0329. The van der Waals surface area contributed by atoms with Gasteiger partial charge in [-0.3, -0.25) is 4.79 Å². The normalized spacial score (nSPS) is 14.8. The fraction of sp³-hybridized carbons (Fsp3) is 0.263. The number of anilines is 2. The lowest BCUT2D eigenvalue weighted by Gasteiger charge is -2.33. The van der Waals surface area contributed by atoms with Crippen molar-refractivity contribution >= 4 is 46.2 Å². The summed E-state index contributed by atoms with van der Waals surface area (Å²) in [4.78, 5) is 14.4. The van der Waals surface area contributed by atoms with Gasteiger partial charge in [0.05, 0.1) is 5.02 Å². The molecule has 2 aromatic carbocycles. The van der Waals surface area contributed by atoms with Crippen molar-refractivity contribution in [3.05, 3.63) is 59.4 Å². The van der Waals surface area contributed by atoms with E-state index in [0.29, 0.717) is 23.9 Å². The molecule has 1 amide bonds. The summed E-state index contributed by atoms with van der Waals surface area (Å²) in [5, 5.41) is 6.62. The molecule has 0 aliphatic carbocycles. The quantitative estimate of drug-likeness (QED) is 0.755. The zero-order valence-corrected chi connectivity index (χ0v) is 15.6. The fourth-order valence-corrected chi connectivity index (χ4v) is 3.37. The molecular formula is C19H19ClFN3OS. The summed E-state index contributed by atoms with van der Waals surface area (Å²) in [6, 6.07) is 13.8. The number of halogens is 2.